The summed E-state index contributed by atoms with van der Waals surface area (Å²) in [5.74, 6) is 0.180. The fourth-order valence-electron chi connectivity index (χ4n) is 1.56. The molecule has 0 aromatic heterocycles. The molecule has 0 radical (unpaired) electrons. The summed E-state index contributed by atoms with van der Waals surface area (Å²) in [7, 11) is 0. The molecule has 0 aliphatic carbocycles. The van der Waals surface area contributed by atoms with E-state index < -0.39 is 0 Å². The Labute approximate surface area is 116 Å². The number of unbranched alkanes of at least 4 members (excludes halogenated alkanes) is 4. The van der Waals surface area contributed by atoms with Gasteiger partial charge in [0.2, 0.25) is 0 Å². The van der Waals surface area contributed by atoms with E-state index in [2.05, 4.69) is 6.92 Å². The molecule has 1 aromatic rings. The van der Waals surface area contributed by atoms with E-state index in [4.69, 9.17) is 10.5 Å². The predicted octanol–water partition coefficient (Wildman–Crippen LogP) is 4.36. The molecular weight excluding hydrogens is 332 g/mol. The second-order valence-electron chi connectivity index (χ2n) is 4.07. The largest absolute Gasteiger partial charge is 0.491 e. The standard InChI is InChI=1S/C13H19FINO/c1-2-3-4-5-6-7-17-13-8-10(14)11(15)9-12(13)16/h8-9H,2-7,16H2,1H3. The molecule has 0 atom stereocenters. The Kier molecular flexibility index (Phi) is 6.62. The van der Waals surface area contributed by atoms with Crippen LogP contribution in [-0.2, 0) is 0 Å². The van der Waals surface area contributed by atoms with Crippen LogP contribution >= 0.6 is 22.6 Å². The molecule has 0 fully saturated rings. The van der Waals surface area contributed by atoms with Crippen LogP contribution in [0.1, 0.15) is 39.0 Å². The highest BCUT2D eigenvalue weighted by Gasteiger charge is 2.06. The van der Waals surface area contributed by atoms with Crippen molar-refractivity contribution in [2.45, 2.75) is 39.0 Å². The van der Waals surface area contributed by atoms with Gasteiger partial charge in [0.15, 0.2) is 0 Å². The van der Waals surface area contributed by atoms with E-state index in [0.717, 1.165) is 12.8 Å². The lowest BCUT2D eigenvalue weighted by atomic mass is 10.2. The molecule has 1 aromatic carbocycles. The minimum absolute atomic E-state index is 0.277. The van der Waals surface area contributed by atoms with Crippen molar-refractivity contribution in [1.29, 1.82) is 0 Å². The highest BCUT2D eigenvalue weighted by molar-refractivity contribution is 14.1. The minimum atomic E-state index is -0.277. The lowest BCUT2D eigenvalue weighted by Crippen LogP contribution is -2.01. The molecule has 0 amide bonds. The molecule has 2 N–H and O–H groups in total. The Morgan fingerprint density at radius 2 is 1.94 bits per heavy atom. The summed E-state index contributed by atoms with van der Waals surface area (Å²) in [6, 6.07) is 2.96. The van der Waals surface area contributed by atoms with Crippen LogP contribution in [0, 0.1) is 9.39 Å². The first-order chi connectivity index (χ1) is 8.15. The van der Waals surface area contributed by atoms with Crippen molar-refractivity contribution in [2.75, 3.05) is 12.3 Å². The first-order valence-corrected chi connectivity index (χ1v) is 7.10. The van der Waals surface area contributed by atoms with Crippen LogP contribution in [0.5, 0.6) is 5.75 Å². The van der Waals surface area contributed by atoms with Gasteiger partial charge in [0.05, 0.1) is 15.9 Å². The first-order valence-electron chi connectivity index (χ1n) is 6.02. The number of hydrogen-bond acceptors (Lipinski definition) is 2. The number of nitrogens with two attached hydrogens (primary N) is 1. The van der Waals surface area contributed by atoms with Crippen molar-refractivity contribution in [3.05, 3.63) is 21.5 Å². The predicted molar refractivity (Wildman–Crippen MR) is 77.8 cm³/mol. The maximum atomic E-state index is 13.3. The number of rotatable bonds is 7. The number of benzene rings is 1. The zero-order chi connectivity index (χ0) is 12.7. The topological polar surface area (TPSA) is 35.2 Å². The highest BCUT2D eigenvalue weighted by atomic mass is 127. The number of hydrogen-bond donors (Lipinski definition) is 1. The molecule has 0 heterocycles. The third-order valence-corrected chi connectivity index (χ3v) is 3.38. The summed E-state index contributed by atoms with van der Waals surface area (Å²) in [6.45, 7) is 2.79. The van der Waals surface area contributed by atoms with E-state index in [1.807, 2.05) is 22.6 Å². The van der Waals surface area contributed by atoms with Crippen LogP contribution in [0.2, 0.25) is 0 Å². The molecular formula is C13H19FINO. The molecule has 0 unspecified atom stereocenters. The monoisotopic (exact) mass is 351 g/mol. The van der Waals surface area contributed by atoms with Gasteiger partial charge >= 0.3 is 0 Å². The van der Waals surface area contributed by atoms with Crippen LogP contribution in [-0.4, -0.2) is 6.61 Å². The van der Waals surface area contributed by atoms with Gasteiger partial charge in [0, 0.05) is 6.07 Å². The summed E-state index contributed by atoms with van der Waals surface area (Å²) in [4.78, 5) is 0. The Bertz CT molecular complexity index is 358. The second-order valence-corrected chi connectivity index (χ2v) is 5.23. The summed E-state index contributed by atoms with van der Waals surface area (Å²) in [5.41, 5.74) is 6.26. The molecule has 0 aliphatic heterocycles. The van der Waals surface area contributed by atoms with E-state index in [0.29, 0.717) is 21.6 Å². The van der Waals surface area contributed by atoms with Crippen molar-refractivity contribution >= 4 is 28.3 Å². The van der Waals surface area contributed by atoms with Crippen LogP contribution in [0.4, 0.5) is 10.1 Å². The molecule has 17 heavy (non-hydrogen) atoms. The van der Waals surface area contributed by atoms with E-state index in [1.165, 1.54) is 25.3 Å². The van der Waals surface area contributed by atoms with Crippen LogP contribution in [0.15, 0.2) is 12.1 Å². The average Bonchev–Trinajstić information content (AvgIpc) is 2.30. The van der Waals surface area contributed by atoms with Crippen molar-refractivity contribution in [3.8, 4) is 5.75 Å². The maximum Gasteiger partial charge on any atom is 0.145 e. The fraction of sp³-hybridized carbons (Fsp3) is 0.538. The lowest BCUT2D eigenvalue weighted by Gasteiger charge is -2.09. The first kappa shape index (κ1) is 14.5. The highest BCUT2D eigenvalue weighted by Crippen LogP contribution is 2.26. The fourth-order valence-corrected chi connectivity index (χ4v) is 2.05. The molecule has 4 heteroatoms. The van der Waals surface area contributed by atoms with E-state index in [1.54, 1.807) is 6.07 Å². The van der Waals surface area contributed by atoms with E-state index >= 15 is 0 Å². The van der Waals surface area contributed by atoms with Crippen molar-refractivity contribution < 1.29 is 9.13 Å². The molecule has 2 nitrogen and oxygen atoms in total. The molecule has 96 valence electrons. The SMILES string of the molecule is CCCCCCCOc1cc(F)c(I)cc1N. The van der Waals surface area contributed by atoms with Gasteiger partial charge in [-0.05, 0) is 35.1 Å². The Morgan fingerprint density at radius 1 is 1.24 bits per heavy atom. The van der Waals surface area contributed by atoms with Crippen LogP contribution in [0.25, 0.3) is 0 Å². The zero-order valence-corrected chi connectivity index (χ0v) is 12.3. The number of halogens is 2. The van der Waals surface area contributed by atoms with Gasteiger partial charge in [-0.3, -0.25) is 0 Å². The summed E-state index contributed by atoms with van der Waals surface area (Å²) >= 11 is 1.92. The Balaban J connectivity index is 2.34. The van der Waals surface area contributed by atoms with Crippen molar-refractivity contribution in [2.24, 2.45) is 0 Å². The smallest absolute Gasteiger partial charge is 0.145 e. The van der Waals surface area contributed by atoms with Crippen molar-refractivity contribution in [1.82, 2.24) is 0 Å². The normalized spacial score (nSPS) is 10.5. The Hall–Kier alpha value is -0.520. The second kappa shape index (κ2) is 7.74. The third-order valence-electron chi connectivity index (χ3n) is 2.56. The van der Waals surface area contributed by atoms with Gasteiger partial charge in [-0.2, -0.15) is 0 Å². The lowest BCUT2D eigenvalue weighted by molar-refractivity contribution is 0.304. The summed E-state index contributed by atoms with van der Waals surface area (Å²) < 4.78 is 19.3. The Morgan fingerprint density at radius 3 is 2.65 bits per heavy atom. The maximum absolute atomic E-state index is 13.3. The van der Waals surface area contributed by atoms with Gasteiger partial charge in [-0.1, -0.05) is 32.6 Å². The van der Waals surface area contributed by atoms with Gasteiger partial charge in [-0.25, -0.2) is 4.39 Å². The van der Waals surface area contributed by atoms with Gasteiger partial charge in [0.25, 0.3) is 0 Å². The van der Waals surface area contributed by atoms with Gasteiger partial charge < -0.3 is 10.5 Å². The van der Waals surface area contributed by atoms with Gasteiger partial charge in [-0.15, -0.1) is 0 Å². The minimum Gasteiger partial charge on any atom is -0.491 e. The van der Waals surface area contributed by atoms with Crippen molar-refractivity contribution in [3.63, 3.8) is 0 Å². The third kappa shape index (κ3) is 5.10. The van der Waals surface area contributed by atoms with Crippen LogP contribution < -0.4 is 10.5 Å². The molecule has 0 saturated heterocycles. The summed E-state index contributed by atoms with van der Waals surface area (Å²) in [6.07, 6.45) is 5.88. The van der Waals surface area contributed by atoms with E-state index in [9.17, 15) is 4.39 Å². The molecule has 0 bridgehead atoms. The average molecular weight is 351 g/mol. The van der Waals surface area contributed by atoms with E-state index in [-0.39, 0.29) is 5.82 Å². The quantitative estimate of drug-likeness (QED) is 0.450. The number of nitrogen functional groups attached to an aromatic ring is 1. The molecule has 1 rings (SSSR count). The molecule has 0 spiro atoms. The molecule has 0 aliphatic rings. The van der Waals surface area contributed by atoms with Gasteiger partial charge in [0.1, 0.15) is 11.6 Å². The zero-order valence-electron chi connectivity index (χ0n) is 10.1. The number of ether oxygens (including phenoxy) is 1. The molecule has 0 saturated carbocycles. The summed E-state index contributed by atoms with van der Waals surface area (Å²) in [5, 5.41) is 0. The van der Waals surface area contributed by atoms with Crippen LogP contribution in [0.3, 0.4) is 0 Å². The number of anilines is 1.